The normalized spacial score (nSPS) is 12.5. The molecule has 19 aromatic carbocycles. The second-order valence-corrected chi connectivity index (χ2v) is 35.6. The molecule has 2 aliphatic heterocycles. The summed E-state index contributed by atoms with van der Waals surface area (Å²) in [6, 6.07) is 171. The molecular weight excluding hydrogens is 1730 g/mol. The second kappa shape index (κ2) is 34.8. The van der Waals surface area contributed by atoms with Gasteiger partial charge in [0.25, 0.3) is 0 Å². The minimum absolute atomic E-state index is 0. The Morgan fingerprint density at radius 2 is 0.507 bits per heavy atom. The summed E-state index contributed by atoms with van der Waals surface area (Å²) in [5, 5.41) is 6.09. The zero-order chi connectivity index (χ0) is 91.1. The molecule has 0 spiro atoms. The van der Waals surface area contributed by atoms with Crippen LogP contribution in [-0.4, -0.2) is 34.5 Å². The number of hydrogen-bond donors (Lipinski definition) is 0. The minimum atomic E-state index is -0.401. The molecule has 0 amide bonds. The van der Waals surface area contributed by atoms with Crippen molar-refractivity contribution >= 4 is 100 Å². The standard InChI is InChI=1S/C51H38N2.C43H31N.C32H16N8.Cu/c1-51(2)47-19-11-9-17-43(47)44-31-30-42(34-48(44)51)52(40-26-21-36(22-27-40)35-13-5-3-6-14-35)41-28-23-37(24-29-41)38-25-32-50-46(33-38)45-18-10-12-20-49(45)53(50)39-15-7-4-8-16-39;1-4-14-32(15-5-1)33-24-28-37(29-25-33)44(36-18-8-3-9-19-36)38-30-26-35(27-31-38)43(34-16-6-2-7-17-34)41-22-12-10-20-39(41)40-21-11-13-23-42(40)43;1-2-10-18-17(9-1)25-33-26(18)38-28-21-13-5-6-14-22(21)30(35-28)40-32-24-16-8-7-15-23(24)31(36-32)39-29-20-12-4-3-11-19(20)27(34-29)37-25;/h3-34H,1-2H3;1-31H;1-16H;/q;;-2;+2. The van der Waals surface area contributed by atoms with E-state index in [2.05, 4.69) is 410 Å². The van der Waals surface area contributed by atoms with Crippen LogP contribution in [0.15, 0.2) is 479 Å². The predicted octanol–water partition coefficient (Wildman–Crippen LogP) is 31.2. The van der Waals surface area contributed by atoms with Crippen LogP contribution < -0.4 is 19.8 Å². The molecule has 0 saturated carbocycles. The van der Waals surface area contributed by atoms with E-state index in [0.717, 1.165) is 77.9 Å². The summed E-state index contributed by atoms with van der Waals surface area (Å²) >= 11 is 0. The summed E-state index contributed by atoms with van der Waals surface area (Å²) < 4.78 is 2.37. The maximum Gasteiger partial charge on any atom is 2.00 e. The van der Waals surface area contributed by atoms with Gasteiger partial charge in [0, 0.05) is 101 Å². The van der Waals surface area contributed by atoms with Gasteiger partial charge in [0.2, 0.25) is 0 Å². The fraction of sp³-hybridized carbons (Fsp3) is 0.0317. The smallest absolute Gasteiger partial charge is 0.357 e. The van der Waals surface area contributed by atoms with Gasteiger partial charge in [-0.25, -0.2) is 9.97 Å². The first kappa shape index (κ1) is 83.5. The monoisotopic (exact) mass is 1810 g/mol. The van der Waals surface area contributed by atoms with Crippen molar-refractivity contribution < 1.29 is 17.1 Å². The number of rotatable bonds is 12. The number of anilines is 6. The van der Waals surface area contributed by atoms with Gasteiger partial charge in [-0.2, -0.15) is 0 Å². The van der Waals surface area contributed by atoms with Gasteiger partial charge in [0.05, 0.1) is 39.7 Å². The minimum Gasteiger partial charge on any atom is -0.357 e. The Morgan fingerprint density at radius 1 is 0.210 bits per heavy atom. The van der Waals surface area contributed by atoms with E-state index < -0.39 is 5.41 Å². The number of nitrogens with zero attached hydrogens (tertiary/aromatic N) is 11. The number of fused-ring (bicyclic) bond motifs is 29. The molecular formula is C126H85CuN11. The van der Waals surface area contributed by atoms with Crippen molar-refractivity contribution in [2.45, 2.75) is 24.7 Å². The van der Waals surface area contributed by atoms with Crippen molar-refractivity contribution in [2.24, 2.45) is 0 Å². The quantitative estimate of drug-likeness (QED) is 0.109. The Bertz CT molecular complexity index is 8420. The van der Waals surface area contributed by atoms with Crippen molar-refractivity contribution in [1.29, 1.82) is 0 Å². The second-order valence-electron chi connectivity index (χ2n) is 35.6. The van der Waals surface area contributed by atoms with Gasteiger partial charge >= 0.3 is 17.1 Å². The van der Waals surface area contributed by atoms with E-state index in [1.165, 1.54) is 117 Å². The van der Waals surface area contributed by atoms with Gasteiger partial charge < -0.3 is 44.3 Å². The van der Waals surface area contributed by atoms with E-state index in [-0.39, 0.29) is 22.5 Å². The number of hydrogen-bond acceptors (Lipinski definition) is 8. The van der Waals surface area contributed by atoms with Crippen molar-refractivity contribution in [3.8, 4) is 107 Å². The van der Waals surface area contributed by atoms with Crippen molar-refractivity contribution in [2.75, 3.05) is 9.80 Å². The third kappa shape index (κ3) is 14.4. The van der Waals surface area contributed by atoms with E-state index in [1.807, 2.05) is 97.1 Å². The first-order valence-corrected chi connectivity index (χ1v) is 46.5. The molecule has 0 unspecified atom stereocenters. The Morgan fingerprint density at radius 3 is 0.957 bits per heavy atom. The van der Waals surface area contributed by atoms with Crippen LogP contribution in [0.3, 0.4) is 0 Å². The zero-order valence-corrected chi connectivity index (χ0v) is 76.3. The zero-order valence-electron chi connectivity index (χ0n) is 75.3. The molecule has 4 aliphatic rings. The molecule has 12 heteroatoms. The van der Waals surface area contributed by atoms with Crippen LogP contribution in [-0.2, 0) is 27.9 Å². The molecule has 2 aliphatic carbocycles. The van der Waals surface area contributed by atoms with Gasteiger partial charge in [-0.15, -0.1) is 0 Å². The topological polar surface area (TPSA) is 117 Å². The van der Waals surface area contributed by atoms with Crippen molar-refractivity contribution in [1.82, 2.24) is 44.4 Å². The van der Waals surface area contributed by atoms with Crippen LogP contribution in [0.25, 0.3) is 173 Å². The van der Waals surface area contributed by atoms with Crippen LogP contribution in [0.4, 0.5) is 34.1 Å². The van der Waals surface area contributed by atoms with Gasteiger partial charge in [-0.1, -0.05) is 390 Å². The fourth-order valence-corrected chi connectivity index (χ4v) is 21.0. The van der Waals surface area contributed by atoms with Crippen LogP contribution in [0.2, 0.25) is 0 Å². The van der Waals surface area contributed by atoms with Gasteiger partial charge in [0.1, 0.15) is 0 Å². The molecule has 0 saturated heterocycles. The average Bonchev–Trinajstić information content (AvgIpc) is 1.53. The van der Waals surface area contributed by atoms with Gasteiger partial charge in [-0.05, 0) is 214 Å². The molecule has 4 aromatic heterocycles. The van der Waals surface area contributed by atoms with Gasteiger partial charge in [-0.3, -0.25) is 0 Å². The Labute approximate surface area is 809 Å². The van der Waals surface area contributed by atoms with E-state index in [0.29, 0.717) is 45.9 Å². The molecule has 6 heterocycles. The van der Waals surface area contributed by atoms with E-state index in [9.17, 15) is 0 Å². The molecule has 0 N–H and O–H groups in total. The molecule has 1 radical (unpaired) electrons. The third-order valence-electron chi connectivity index (χ3n) is 27.5. The molecule has 11 nitrogen and oxygen atoms in total. The Balaban J connectivity index is 0.000000113. The number of para-hydroxylation sites is 3. The average molecular weight is 1820 g/mol. The van der Waals surface area contributed by atoms with Crippen molar-refractivity contribution in [3.05, 3.63) is 513 Å². The predicted molar refractivity (Wildman–Crippen MR) is 562 cm³/mol. The molecule has 655 valence electrons. The van der Waals surface area contributed by atoms with Crippen LogP contribution in [0, 0.1) is 0 Å². The van der Waals surface area contributed by atoms with E-state index in [1.54, 1.807) is 0 Å². The first-order chi connectivity index (χ1) is 67.7. The summed E-state index contributed by atoms with van der Waals surface area (Å²) in [4.78, 5) is 44.0. The Kier molecular flexibility index (Phi) is 21.1. The number of benzene rings is 19. The van der Waals surface area contributed by atoms with Gasteiger partial charge in [0.15, 0.2) is 0 Å². The van der Waals surface area contributed by atoms with E-state index >= 15 is 0 Å². The van der Waals surface area contributed by atoms with Crippen molar-refractivity contribution in [3.63, 3.8) is 0 Å². The molecule has 0 atom stereocenters. The molecule has 27 rings (SSSR count). The summed E-state index contributed by atoms with van der Waals surface area (Å²) in [6.07, 6.45) is 0. The molecule has 138 heavy (non-hydrogen) atoms. The van der Waals surface area contributed by atoms with Crippen LogP contribution in [0.5, 0.6) is 0 Å². The number of aromatic nitrogens is 9. The molecule has 8 bridgehead atoms. The molecule has 0 fully saturated rings. The SMILES string of the molecule is CC1(C)c2ccccc2-c2ccc(N(c3ccc(-c4ccccc4)cc3)c3ccc(-c4ccc5c(c4)c4ccccc4n5-c4ccccc4)cc3)cc21.[Cu+2].c1ccc(-c2ccc(N(c3ccccc3)c3ccc(C4(c5ccccc5)c5ccccc5-c5ccccc54)cc3)cc2)cc1.c1ccc2c(c1)-c1nc-2nc2[n-]c(nc3nc(nc4[n-]c(n1)c1ccccc41)-c1ccccc1-3)c1ccccc21. The third-order valence-corrected chi connectivity index (χ3v) is 27.5. The summed E-state index contributed by atoms with van der Waals surface area (Å²) in [5.74, 6) is 2.21. The maximum absolute atomic E-state index is 4.95. The largest absolute Gasteiger partial charge is 2.00 e. The summed E-state index contributed by atoms with van der Waals surface area (Å²) in [5.41, 5.74) is 36.1. The molecule has 23 aromatic rings. The fourth-order valence-electron chi connectivity index (χ4n) is 21.0. The first-order valence-electron chi connectivity index (χ1n) is 46.5. The summed E-state index contributed by atoms with van der Waals surface area (Å²) in [6.45, 7) is 4.70. The van der Waals surface area contributed by atoms with E-state index in [4.69, 9.17) is 39.9 Å². The maximum atomic E-state index is 4.95. The van der Waals surface area contributed by atoms with Crippen LogP contribution in [0.1, 0.15) is 47.2 Å². The van der Waals surface area contributed by atoms with Crippen LogP contribution >= 0.6 is 0 Å². The Hall–Kier alpha value is -17.5. The summed E-state index contributed by atoms with van der Waals surface area (Å²) in [7, 11) is 0.